The summed E-state index contributed by atoms with van der Waals surface area (Å²) in [5.74, 6) is 2.33. The number of benzene rings is 2. The zero-order valence-corrected chi connectivity index (χ0v) is 35.1. The molecule has 0 spiro atoms. The number of rotatable bonds is 20. The minimum atomic E-state index is 0.396. The normalized spacial score (nSPS) is 15.3. The highest BCUT2D eigenvalue weighted by Crippen LogP contribution is 2.38. The Morgan fingerprint density at radius 2 is 1.11 bits per heavy atom. The summed E-state index contributed by atoms with van der Waals surface area (Å²) in [6.45, 7) is 11.5. The monoisotopic (exact) mass is 900 g/mol. The summed E-state index contributed by atoms with van der Waals surface area (Å²) < 4.78 is 35.6. The third kappa shape index (κ3) is 15.8. The fourth-order valence-corrected chi connectivity index (χ4v) is 6.84. The molecule has 4 rings (SSSR count). The van der Waals surface area contributed by atoms with Crippen molar-refractivity contribution in [3.8, 4) is 23.0 Å². The van der Waals surface area contributed by atoms with Crippen LogP contribution in [0.25, 0.3) is 0 Å². The fourth-order valence-electron chi connectivity index (χ4n) is 5.38. The lowest BCUT2D eigenvalue weighted by atomic mass is 10.2. The summed E-state index contributed by atoms with van der Waals surface area (Å²) in [4.78, 5) is 4.79. The Hall–Kier alpha value is -2.84. The highest BCUT2D eigenvalue weighted by Gasteiger charge is 2.14. The van der Waals surface area contributed by atoms with E-state index < -0.39 is 0 Å². The van der Waals surface area contributed by atoms with Crippen molar-refractivity contribution in [2.45, 2.75) is 19.3 Å². The Morgan fingerprint density at radius 3 is 1.51 bits per heavy atom. The number of hydrazone groups is 2. The van der Waals surface area contributed by atoms with Crippen LogP contribution < -0.4 is 40.4 Å². The van der Waals surface area contributed by atoms with Gasteiger partial charge in [-0.25, -0.2) is 0 Å². The molecule has 2 aromatic carbocycles. The average molecular weight is 903 g/mol. The molecule has 18 heteroatoms. The highest BCUT2D eigenvalue weighted by molar-refractivity contribution is 9.11. The Labute approximate surface area is 339 Å². The molecule has 0 unspecified atom stereocenters. The van der Waals surface area contributed by atoms with E-state index in [-0.39, 0.29) is 0 Å². The van der Waals surface area contributed by atoms with Gasteiger partial charge in [0.2, 0.25) is 0 Å². The molecule has 2 aliphatic rings. The summed E-state index contributed by atoms with van der Waals surface area (Å²) in [5, 5.41) is 15.9. The second-order valence-corrected chi connectivity index (χ2v) is 14.5. The van der Waals surface area contributed by atoms with Crippen LogP contribution in [-0.2, 0) is 9.47 Å². The Kier molecular flexibility index (Phi) is 19.9. The van der Waals surface area contributed by atoms with Crippen molar-refractivity contribution in [3.05, 3.63) is 44.3 Å². The van der Waals surface area contributed by atoms with Crippen LogP contribution in [0.5, 0.6) is 23.0 Å². The van der Waals surface area contributed by atoms with Crippen LogP contribution in [0.4, 0.5) is 0 Å². The first-order valence-corrected chi connectivity index (χ1v) is 20.0. The molecule has 53 heavy (non-hydrogen) atoms. The van der Waals surface area contributed by atoms with Gasteiger partial charge in [0.1, 0.15) is 0 Å². The molecule has 0 aromatic heterocycles. The predicted octanol–water partition coefficient (Wildman–Crippen LogP) is 4.12. The number of halogens is 2. The first kappa shape index (κ1) is 42.9. The minimum Gasteiger partial charge on any atom is -0.493 e. The van der Waals surface area contributed by atoms with Gasteiger partial charge in [-0.05, 0) is 118 Å². The number of hydrogen-bond acceptors (Lipinski definition) is 12. The van der Waals surface area contributed by atoms with E-state index in [1.807, 2.05) is 24.3 Å². The van der Waals surface area contributed by atoms with Gasteiger partial charge >= 0.3 is 0 Å². The number of morpholine rings is 2. The second kappa shape index (κ2) is 24.5. The molecular weight excluding hydrogens is 852 g/mol. The molecule has 0 aliphatic carbocycles. The van der Waals surface area contributed by atoms with Gasteiger partial charge in [0.15, 0.2) is 33.2 Å². The Morgan fingerprint density at radius 1 is 0.698 bits per heavy atom. The average Bonchev–Trinajstić information content (AvgIpc) is 3.16. The molecule has 0 saturated carbocycles. The lowest BCUT2D eigenvalue weighted by molar-refractivity contribution is 0.0375. The summed E-state index contributed by atoms with van der Waals surface area (Å²) in [6.07, 6.45) is 5.93. The summed E-state index contributed by atoms with van der Waals surface area (Å²) >= 11 is 17.9. The molecule has 0 amide bonds. The van der Waals surface area contributed by atoms with Crippen molar-refractivity contribution < 1.29 is 28.4 Å². The van der Waals surface area contributed by atoms with E-state index in [4.69, 9.17) is 52.9 Å². The van der Waals surface area contributed by atoms with Crippen molar-refractivity contribution in [2.75, 3.05) is 106 Å². The van der Waals surface area contributed by atoms with Crippen molar-refractivity contribution >= 4 is 78.9 Å². The van der Waals surface area contributed by atoms with E-state index >= 15 is 0 Å². The Balaban J connectivity index is 1.15. The van der Waals surface area contributed by atoms with Crippen molar-refractivity contribution in [1.82, 2.24) is 31.3 Å². The van der Waals surface area contributed by atoms with Crippen LogP contribution in [0.2, 0.25) is 0 Å². The number of thiocarbonyl (C=S) groups is 2. The lowest BCUT2D eigenvalue weighted by Crippen LogP contribution is -2.39. The number of nitrogens with zero attached hydrogens (tertiary/aromatic N) is 4. The van der Waals surface area contributed by atoms with Gasteiger partial charge in [-0.2, -0.15) is 10.2 Å². The standard InChI is InChI=1S/C35H50Br2N8O6S2/c1-46-30-22-26(24-40-42-34(52)38-6-3-8-44-10-16-48-17-11-44)20-28(36)32(30)50-14-5-15-51-33-29(37)21-27(23-31(33)47-2)25-41-43-35(53)39-7-4-9-45-12-18-49-19-13-45/h20-25H,3-19H2,1-2H3,(H2,38,42,52)(H2,39,43,53). The molecule has 2 fully saturated rings. The molecule has 4 N–H and O–H groups in total. The summed E-state index contributed by atoms with van der Waals surface area (Å²) in [5.41, 5.74) is 7.36. The zero-order chi connectivity index (χ0) is 37.7. The van der Waals surface area contributed by atoms with Crippen molar-refractivity contribution in [1.29, 1.82) is 0 Å². The van der Waals surface area contributed by atoms with Gasteiger partial charge in [-0.1, -0.05) is 0 Å². The van der Waals surface area contributed by atoms with E-state index in [1.54, 1.807) is 26.6 Å². The molecule has 2 saturated heterocycles. The smallest absolute Gasteiger partial charge is 0.186 e. The van der Waals surface area contributed by atoms with Gasteiger partial charge in [0.25, 0.3) is 0 Å². The van der Waals surface area contributed by atoms with Crippen LogP contribution in [-0.4, -0.2) is 139 Å². The molecular formula is C35H50Br2N8O6S2. The zero-order valence-electron chi connectivity index (χ0n) is 30.3. The van der Waals surface area contributed by atoms with Gasteiger partial charge in [-0.15, -0.1) is 0 Å². The van der Waals surface area contributed by atoms with Gasteiger partial charge < -0.3 is 39.1 Å². The quantitative estimate of drug-likeness (QED) is 0.0658. The topological polar surface area (TPSA) is 135 Å². The maximum atomic E-state index is 6.08. The lowest BCUT2D eigenvalue weighted by Gasteiger charge is -2.26. The molecule has 0 atom stereocenters. The number of methoxy groups -OCH3 is 2. The molecule has 2 aliphatic heterocycles. The summed E-state index contributed by atoms with van der Waals surface area (Å²) in [7, 11) is 3.20. The number of ether oxygens (including phenoxy) is 6. The predicted molar refractivity (Wildman–Crippen MR) is 223 cm³/mol. The van der Waals surface area contributed by atoms with Crippen LogP contribution in [0.1, 0.15) is 30.4 Å². The van der Waals surface area contributed by atoms with Crippen LogP contribution in [0.15, 0.2) is 43.4 Å². The maximum Gasteiger partial charge on any atom is 0.186 e. The summed E-state index contributed by atoms with van der Waals surface area (Å²) in [6, 6.07) is 7.50. The van der Waals surface area contributed by atoms with Crippen molar-refractivity contribution in [2.24, 2.45) is 10.2 Å². The largest absolute Gasteiger partial charge is 0.493 e. The third-order valence-corrected chi connectivity index (χ3v) is 9.77. The van der Waals surface area contributed by atoms with Gasteiger partial charge in [0, 0.05) is 45.7 Å². The van der Waals surface area contributed by atoms with E-state index in [0.717, 1.165) is 112 Å². The molecule has 2 aromatic rings. The first-order chi connectivity index (χ1) is 25.9. The molecule has 2 heterocycles. The minimum absolute atomic E-state index is 0.396. The van der Waals surface area contributed by atoms with Gasteiger partial charge in [0.05, 0.1) is 75.2 Å². The maximum absolute atomic E-state index is 6.08. The number of hydrogen-bond donors (Lipinski definition) is 4. The highest BCUT2D eigenvalue weighted by atomic mass is 79.9. The van der Waals surface area contributed by atoms with Crippen LogP contribution >= 0.6 is 56.3 Å². The Bertz CT molecular complexity index is 1400. The fraction of sp³-hybridized carbons (Fsp3) is 0.543. The van der Waals surface area contributed by atoms with E-state index in [9.17, 15) is 0 Å². The van der Waals surface area contributed by atoms with Crippen LogP contribution in [0.3, 0.4) is 0 Å². The van der Waals surface area contributed by atoms with E-state index in [2.05, 4.69) is 73.3 Å². The second-order valence-electron chi connectivity index (χ2n) is 12.0. The third-order valence-electron chi connectivity index (χ3n) is 8.13. The van der Waals surface area contributed by atoms with Crippen LogP contribution in [0, 0.1) is 0 Å². The SMILES string of the molecule is COc1cc(C=NNC(=S)NCCCN2CCOCC2)cc(Br)c1OCCCOc1c(Br)cc(C=NNC(=S)NCCCN2CCOCC2)cc1OC. The molecule has 292 valence electrons. The van der Waals surface area contributed by atoms with E-state index in [1.165, 1.54) is 0 Å². The first-order valence-electron chi connectivity index (χ1n) is 17.6. The van der Waals surface area contributed by atoms with Crippen molar-refractivity contribution in [3.63, 3.8) is 0 Å². The number of nitrogens with one attached hydrogen (secondary N) is 4. The van der Waals surface area contributed by atoms with E-state index in [0.29, 0.717) is 52.9 Å². The molecule has 0 bridgehead atoms. The molecule has 0 radical (unpaired) electrons. The molecule has 14 nitrogen and oxygen atoms in total. The van der Waals surface area contributed by atoms with Gasteiger partial charge in [-0.3, -0.25) is 20.7 Å².